The Labute approximate surface area is 111 Å². The summed E-state index contributed by atoms with van der Waals surface area (Å²) in [5.41, 5.74) is 7.12. The van der Waals surface area contributed by atoms with Gasteiger partial charge in [-0.05, 0) is 37.8 Å². The Balaban J connectivity index is 1.70. The van der Waals surface area contributed by atoms with Gasteiger partial charge in [0.05, 0.1) is 0 Å². The number of hydrogen-bond acceptors (Lipinski definition) is 3. The number of carbonyl (C=O) groups is 1. The summed E-state index contributed by atoms with van der Waals surface area (Å²) in [7, 11) is 0. The number of nitrogens with one attached hydrogen (secondary N) is 1. The Kier molecular flexibility index (Phi) is 3.21. The van der Waals surface area contributed by atoms with E-state index in [1.54, 1.807) is 6.20 Å². The predicted octanol–water partition coefficient (Wildman–Crippen LogP) is 1.33. The molecule has 0 spiro atoms. The second kappa shape index (κ2) is 5.01. The fraction of sp³-hybridized carbons (Fsp3) is 0.429. The van der Waals surface area contributed by atoms with Crippen molar-refractivity contribution >= 4 is 11.6 Å². The molecule has 2 aromatic rings. The fourth-order valence-corrected chi connectivity index (χ4v) is 2.57. The molecule has 0 aliphatic heterocycles. The molecule has 0 aromatic carbocycles. The minimum Gasteiger partial charge on any atom is -0.348 e. The minimum absolute atomic E-state index is 0.0934. The molecular weight excluding hydrogens is 240 g/mol. The van der Waals surface area contributed by atoms with Crippen molar-refractivity contribution in [3.05, 3.63) is 36.3 Å². The predicted molar refractivity (Wildman–Crippen MR) is 72.9 cm³/mol. The number of rotatable bonds is 2. The highest BCUT2D eigenvalue weighted by Crippen LogP contribution is 2.17. The van der Waals surface area contributed by atoms with E-state index in [4.69, 9.17) is 5.73 Å². The molecule has 0 atom stereocenters. The maximum Gasteiger partial charge on any atom is 0.271 e. The summed E-state index contributed by atoms with van der Waals surface area (Å²) in [6.07, 6.45) is 7.53. The molecule has 19 heavy (non-hydrogen) atoms. The smallest absolute Gasteiger partial charge is 0.271 e. The quantitative estimate of drug-likeness (QED) is 0.853. The van der Waals surface area contributed by atoms with E-state index < -0.39 is 0 Å². The first-order valence-electron chi connectivity index (χ1n) is 6.72. The van der Waals surface area contributed by atoms with E-state index in [-0.39, 0.29) is 11.9 Å². The lowest BCUT2D eigenvalue weighted by Crippen LogP contribution is -2.40. The summed E-state index contributed by atoms with van der Waals surface area (Å²) in [6, 6.07) is 6.24. The molecule has 1 aliphatic rings. The van der Waals surface area contributed by atoms with Crippen molar-refractivity contribution in [3.8, 4) is 0 Å². The van der Waals surface area contributed by atoms with Gasteiger partial charge in [-0.25, -0.2) is 4.98 Å². The Morgan fingerprint density at radius 3 is 2.84 bits per heavy atom. The highest BCUT2D eigenvalue weighted by molar-refractivity contribution is 5.93. The monoisotopic (exact) mass is 258 g/mol. The maximum absolute atomic E-state index is 12.1. The molecule has 100 valence electrons. The Morgan fingerprint density at radius 2 is 2.11 bits per heavy atom. The van der Waals surface area contributed by atoms with Crippen molar-refractivity contribution in [1.82, 2.24) is 14.7 Å². The van der Waals surface area contributed by atoms with Crippen LogP contribution in [0.2, 0.25) is 0 Å². The number of imidazole rings is 1. The van der Waals surface area contributed by atoms with Gasteiger partial charge in [-0.3, -0.25) is 4.79 Å². The number of nitrogens with two attached hydrogens (primary N) is 1. The normalized spacial score (nSPS) is 23.4. The van der Waals surface area contributed by atoms with Crippen molar-refractivity contribution < 1.29 is 4.79 Å². The summed E-state index contributed by atoms with van der Waals surface area (Å²) in [4.78, 5) is 16.5. The van der Waals surface area contributed by atoms with Gasteiger partial charge in [0.2, 0.25) is 0 Å². The lowest BCUT2D eigenvalue weighted by molar-refractivity contribution is 0.0921. The zero-order valence-corrected chi connectivity index (χ0v) is 10.7. The molecule has 1 fully saturated rings. The number of pyridine rings is 1. The summed E-state index contributed by atoms with van der Waals surface area (Å²) < 4.78 is 1.85. The molecule has 0 radical (unpaired) electrons. The molecule has 1 amide bonds. The molecule has 5 nitrogen and oxygen atoms in total. The zero-order chi connectivity index (χ0) is 13.2. The van der Waals surface area contributed by atoms with E-state index in [2.05, 4.69) is 10.3 Å². The molecular formula is C14H18N4O. The van der Waals surface area contributed by atoms with Crippen LogP contribution < -0.4 is 11.1 Å². The van der Waals surface area contributed by atoms with Crippen LogP contribution in [0.4, 0.5) is 0 Å². The molecule has 3 N–H and O–H groups in total. The van der Waals surface area contributed by atoms with E-state index >= 15 is 0 Å². The SMILES string of the molecule is NC1CCC(NC(=O)c2cn3ccccc3n2)CC1. The third-order valence-corrected chi connectivity index (χ3v) is 3.70. The minimum atomic E-state index is -0.0934. The van der Waals surface area contributed by atoms with Gasteiger partial charge in [0.15, 0.2) is 0 Å². The van der Waals surface area contributed by atoms with Crippen molar-refractivity contribution in [2.75, 3.05) is 0 Å². The lowest BCUT2D eigenvalue weighted by atomic mass is 9.92. The van der Waals surface area contributed by atoms with Crippen LogP contribution in [0.3, 0.4) is 0 Å². The van der Waals surface area contributed by atoms with Gasteiger partial charge < -0.3 is 15.5 Å². The highest BCUT2D eigenvalue weighted by atomic mass is 16.2. The molecule has 0 unspecified atom stereocenters. The summed E-state index contributed by atoms with van der Waals surface area (Å²) in [5, 5.41) is 3.05. The lowest BCUT2D eigenvalue weighted by Gasteiger charge is -2.26. The largest absolute Gasteiger partial charge is 0.348 e. The van der Waals surface area contributed by atoms with Gasteiger partial charge in [-0.15, -0.1) is 0 Å². The molecule has 1 saturated carbocycles. The number of hydrogen-bond donors (Lipinski definition) is 2. The standard InChI is InChI=1S/C14H18N4O/c15-10-4-6-11(7-5-10)16-14(19)12-9-18-8-2-1-3-13(18)17-12/h1-3,8-11H,4-7,15H2,(H,16,19). The van der Waals surface area contributed by atoms with E-state index in [9.17, 15) is 4.79 Å². The average molecular weight is 258 g/mol. The molecule has 5 heteroatoms. The first-order chi connectivity index (χ1) is 9.22. The van der Waals surface area contributed by atoms with Gasteiger partial charge in [0.25, 0.3) is 5.91 Å². The van der Waals surface area contributed by atoms with E-state index in [1.165, 1.54) is 0 Å². The van der Waals surface area contributed by atoms with Crippen molar-refractivity contribution in [2.45, 2.75) is 37.8 Å². The van der Waals surface area contributed by atoms with Crippen LogP contribution in [0.5, 0.6) is 0 Å². The molecule has 2 aromatic heterocycles. The van der Waals surface area contributed by atoms with Crippen LogP contribution >= 0.6 is 0 Å². The molecule has 3 rings (SSSR count). The van der Waals surface area contributed by atoms with Crippen LogP contribution in [0, 0.1) is 0 Å². The van der Waals surface area contributed by atoms with Gasteiger partial charge in [0, 0.05) is 24.5 Å². The zero-order valence-electron chi connectivity index (χ0n) is 10.7. The van der Waals surface area contributed by atoms with E-state index in [0.717, 1.165) is 31.3 Å². The van der Waals surface area contributed by atoms with Gasteiger partial charge in [-0.2, -0.15) is 0 Å². The highest BCUT2D eigenvalue weighted by Gasteiger charge is 2.21. The van der Waals surface area contributed by atoms with Crippen LogP contribution in [0.25, 0.3) is 5.65 Å². The molecule has 2 heterocycles. The van der Waals surface area contributed by atoms with E-state index in [0.29, 0.717) is 11.7 Å². The van der Waals surface area contributed by atoms with Crippen molar-refractivity contribution in [2.24, 2.45) is 5.73 Å². The number of fused-ring (bicyclic) bond motifs is 1. The fourth-order valence-electron chi connectivity index (χ4n) is 2.57. The maximum atomic E-state index is 12.1. The topological polar surface area (TPSA) is 72.4 Å². The first-order valence-corrected chi connectivity index (χ1v) is 6.72. The summed E-state index contributed by atoms with van der Waals surface area (Å²) >= 11 is 0. The Bertz CT molecular complexity index is 551. The van der Waals surface area contributed by atoms with Crippen molar-refractivity contribution in [1.29, 1.82) is 0 Å². The van der Waals surface area contributed by atoms with Crippen LogP contribution in [-0.4, -0.2) is 27.4 Å². The van der Waals surface area contributed by atoms with Crippen LogP contribution in [0.1, 0.15) is 36.2 Å². The number of carbonyl (C=O) groups excluding carboxylic acids is 1. The first kappa shape index (κ1) is 12.2. The van der Waals surface area contributed by atoms with Gasteiger partial charge >= 0.3 is 0 Å². The van der Waals surface area contributed by atoms with E-state index in [1.807, 2.05) is 28.8 Å². The molecule has 0 saturated heterocycles. The third-order valence-electron chi connectivity index (χ3n) is 3.70. The number of aromatic nitrogens is 2. The summed E-state index contributed by atoms with van der Waals surface area (Å²) in [5.74, 6) is -0.0934. The molecule has 1 aliphatic carbocycles. The van der Waals surface area contributed by atoms with Gasteiger partial charge in [0.1, 0.15) is 11.3 Å². The number of nitrogens with zero attached hydrogens (tertiary/aromatic N) is 2. The van der Waals surface area contributed by atoms with Crippen molar-refractivity contribution in [3.63, 3.8) is 0 Å². The number of amides is 1. The van der Waals surface area contributed by atoms with Crippen LogP contribution in [-0.2, 0) is 0 Å². The Morgan fingerprint density at radius 1 is 1.32 bits per heavy atom. The third kappa shape index (κ3) is 2.61. The Hall–Kier alpha value is -1.88. The summed E-state index contributed by atoms with van der Waals surface area (Å²) in [6.45, 7) is 0. The average Bonchev–Trinajstić information content (AvgIpc) is 2.85. The van der Waals surface area contributed by atoms with Crippen LogP contribution in [0.15, 0.2) is 30.6 Å². The second-order valence-corrected chi connectivity index (χ2v) is 5.18. The second-order valence-electron chi connectivity index (χ2n) is 5.18. The van der Waals surface area contributed by atoms with Gasteiger partial charge in [-0.1, -0.05) is 6.07 Å². The molecule has 0 bridgehead atoms.